The molecule has 0 radical (unpaired) electrons. The van der Waals surface area contributed by atoms with Gasteiger partial charge in [-0.15, -0.1) is 20.2 Å². The maximum absolute atomic E-state index is 17.2. The Morgan fingerprint density at radius 2 is 1.83 bits per heavy atom. The number of ketones is 2. The maximum Gasteiger partial charge on any atom is 0.331 e. The van der Waals surface area contributed by atoms with Crippen LogP contribution in [0.3, 0.4) is 0 Å². The van der Waals surface area contributed by atoms with Gasteiger partial charge in [0.25, 0.3) is 10.2 Å². The lowest BCUT2D eigenvalue weighted by atomic mass is 9.44. The van der Waals surface area contributed by atoms with E-state index in [0.717, 1.165) is 0 Å². The summed E-state index contributed by atoms with van der Waals surface area (Å²) in [6.07, 6.45) is -2.40. The Morgan fingerprint density at radius 1 is 1.15 bits per heavy atom. The zero-order valence-corrected chi connectivity index (χ0v) is 25.4. The summed E-state index contributed by atoms with van der Waals surface area (Å²) < 4.78 is 22.2. The second kappa shape index (κ2) is 12.9. The van der Waals surface area contributed by atoms with Gasteiger partial charge in [-0.2, -0.15) is 0 Å². The zero-order valence-electron chi connectivity index (χ0n) is 25.4. The predicted molar refractivity (Wildman–Crippen MR) is 149 cm³/mol. The fourth-order valence-electron chi connectivity index (χ4n) is 8.11. The van der Waals surface area contributed by atoms with E-state index in [1.165, 1.54) is 25.2 Å². The topological polar surface area (TPSA) is 275 Å². The number of amides is 1. The highest BCUT2D eigenvalue weighted by atomic mass is 19.1. The third-order valence-corrected chi connectivity index (χ3v) is 10.4. The van der Waals surface area contributed by atoms with E-state index in [2.05, 4.69) is 9.68 Å². The number of rotatable bonds is 13. The number of ether oxygens (including phenoxy) is 1. The monoisotopic (exact) mass is 673 g/mol. The quantitative estimate of drug-likeness (QED) is 0.0874. The molecule has 4 unspecified atom stereocenters. The van der Waals surface area contributed by atoms with Crippen LogP contribution in [0.1, 0.15) is 46.0 Å². The Morgan fingerprint density at radius 3 is 2.45 bits per heavy atom. The first-order chi connectivity index (χ1) is 21.8. The average Bonchev–Trinajstić information content (AvgIpc) is 3.19. The number of halogens is 1. The fraction of sp³-hybridized carbons (Fsp3) is 0.714. The van der Waals surface area contributed by atoms with E-state index in [-0.39, 0.29) is 18.6 Å². The van der Waals surface area contributed by atoms with Crippen molar-refractivity contribution in [1.29, 1.82) is 0 Å². The Balaban J connectivity index is 1.45. The van der Waals surface area contributed by atoms with Gasteiger partial charge >= 0.3 is 5.97 Å². The lowest BCUT2D eigenvalue weighted by Gasteiger charge is -2.62. The van der Waals surface area contributed by atoms with Gasteiger partial charge in [0.15, 0.2) is 29.7 Å². The molecule has 0 aromatic rings. The number of carbonyl (C=O) groups excluding carboxylic acids is 4. The number of nitrogens with zero attached hydrogens (tertiary/aromatic N) is 2. The van der Waals surface area contributed by atoms with Gasteiger partial charge < -0.3 is 40.2 Å². The highest BCUT2D eigenvalue weighted by Gasteiger charge is 2.76. The van der Waals surface area contributed by atoms with E-state index in [4.69, 9.17) is 4.74 Å². The second-order valence-corrected chi connectivity index (χ2v) is 12.8. The van der Waals surface area contributed by atoms with Gasteiger partial charge in [0.05, 0.1) is 25.2 Å². The van der Waals surface area contributed by atoms with Crippen molar-refractivity contribution in [3.8, 4) is 0 Å². The van der Waals surface area contributed by atoms with Gasteiger partial charge in [0, 0.05) is 16.7 Å². The number of hydrogen-bond donors (Lipinski definition) is 5. The number of aliphatic hydroxyl groups is 4. The summed E-state index contributed by atoms with van der Waals surface area (Å²) in [4.78, 5) is 79.6. The van der Waals surface area contributed by atoms with Crippen molar-refractivity contribution in [3.05, 3.63) is 44.0 Å². The third-order valence-electron chi connectivity index (χ3n) is 10.4. The molecule has 0 aromatic heterocycles. The first kappa shape index (κ1) is 35.8. The molecule has 0 spiro atoms. The fourth-order valence-corrected chi connectivity index (χ4v) is 8.11. The number of hydrogen-bond acceptors (Lipinski definition) is 15. The number of allylic oxidation sites excluding steroid dienone is 4. The summed E-state index contributed by atoms with van der Waals surface area (Å²) in [5.41, 5.74) is -7.35. The van der Waals surface area contributed by atoms with Crippen LogP contribution in [0.5, 0.6) is 0 Å². The van der Waals surface area contributed by atoms with Crippen molar-refractivity contribution in [1.82, 2.24) is 5.32 Å². The number of alkyl halides is 1. The van der Waals surface area contributed by atoms with Crippen LogP contribution >= 0.6 is 0 Å². The van der Waals surface area contributed by atoms with Gasteiger partial charge in [-0.1, -0.05) is 18.6 Å². The van der Waals surface area contributed by atoms with E-state index in [1.54, 1.807) is 6.92 Å². The van der Waals surface area contributed by atoms with Gasteiger partial charge in [0.2, 0.25) is 11.7 Å². The van der Waals surface area contributed by atoms with Crippen LogP contribution in [0.2, 0.25) is 0 Å². The largest absolute Gasteiger partial charge is 0.456 e. The second-order valence-electron chi connectivity index (χ2n) is 12.8. The molecule has 3 fully saturated rings. The van der Waals surface area contributed by atoms with Crippen LogP contribution < -0.4 is 5.32 Å². The van der Waals surface area contributed by atoms with Crippen LogP contribution in [-0.2, 0) is 33.6 Å². The molecule has 18 nitrogen and oxygen atoms in total. The molecule has 4 aliphatic rings. The molecule has 260 valence electrons. The van der Waals surface area contributed by atoms with Gasteiger partial charge in [0.1, 0.15) is 12.7 Å². The minimum atomic E-state index is -2.61. The number of nitrogens with one attached hydrogen (secondary N) is 1. The summed E-state index contributed by atoms with van der Waals surface area (Å²) in [5, 5.41) is 64.2. The smallest absolute Gasteiger partial charge is 0.331 e. The SMILES string of the molecule is C[C@]12C=CC(=O)C=C1CCC1C3C[C@@H](O)[C@](O)(C(=O)COC(=O)C(CO)NC(=O)CC(CO[N+](=O)[O-])O[N+](=O)[O-])[C@@]3(C)C[C@H](O)[C@@]12F. The van der Waals surface area contributed by atoms with Gasteiger partial charge in [-0.05, 0) is 50.7 Å². The molecule has 47 heavy (non-hydrogen) atoms. The van der Waals surface area contributed by atoms with E-state index in [1.807, 2.05) is 5.32 Å². The lowest BCUT2D eigenvalue weighted by Crippen LogP contribution is -2.69. The molecule has 0 aliphatic heterocycles. The van der Waals surface area contributed by atoms with Crippen molar-refractivity contribution in [2.45, 2.75) is 81.6 Å². The van der Waals surface area contributed by atoms with Crippen LogP contribution in [0.4, 0.5) is 4.39 Å². The molecule has 0 aromatic carbocycles. The summed E-state index contributed by atoms with van der Waals surface area (Å²) in [6.45, 7) is -0.250. The molecule has 3 saturated carbocycles. The van der Waals surface area contributed by atoms with Crippen LogP contribution in [0.25, 0.3) is 0 Å². The number of fused-ring (bicyclic) bond motifs is 5. The maximum atomic E-state index is 17.2. The summed E-state index contributed by atoms with van der Waals surface area (Å²) in [6, 6.07) is -1.83. The molecule has 19 heteroatoms. The molecule has 1 amide bonds. The number of esters is 1. The molecular weight excluding hydrogens is 637 g/mol. The standard InChI is InChI=1S/C28H36FN3O15/c1-25-6-5-15(34)7-14(25)3-4-17-18-9-20(35)28(40,26(18,2)10-21(36)27(17,25)29)22(37)13-45-24(39)19(11-33)30-23(38)8-16(47-32(43)44)12-46-31(41)42/h5-7,16-21,33,35-36,40H,3-4,8-13H2,1-2H3,(H,30,38)/t16?,17?,18?,19?,20-,21+,25+,26+,27+,28+/m1/s1. The molecule has 0 bridgehead atoms. The normalized spacial score (nSPS) is 36.8. The van der Waals surface area contributed by atoms with Crippen LogP contribution in [0.15, 0.2) is 23.8 Å². The Labute approximate surface area is 265 Å². The van der Waals surface area contributed by atoms with Crippen molar-refractivity contribution >= 4 is 23.4 Å². The molecular formula is C28H36FN3O15. The lowest BCUT2D eigenvalue weighted by molar-refractivity contribution is -0.789. The predicted octanol–water partition coefficient (Wildman–Crippen LogP) is -1.18. The van der Waals surface area contributed by atoms with E-state index in [0.29, 0.717) is 12.0 Å². The molecule has 0 heterocycles. The summed E-state index contributed by atoms with van der Waals surface area (Å²) in [7, 11) is 0. The van der Waals surface area contributed by atoms with Gasteiger partial charge in [-0.3, -0.25) is 14.4 Å². The first-order valence-electron chi connectivity index (χ1n) is 14.7. The highest BCUT2D eigenvalue weighted by molar-refractivity contribution is 6.01. The van der Waals surface area contributed by atoms with Crippen molar-refractivity contribution in [2.24, 2.45) is 22.7 Å². The van der Waals surface area contributed by atoms with E-state index < -0.39 is 119 Å². The minimum absolute atomic E-state index is 0.159. The zero-order chi connectivity index (χ0) is 35.1. The summed E-state index contributed by atoms with van der Waals surface area (Å²) >= 11 is 0. The number of Topliss-reactive ketones (excluding diaryl/α,β-unsaturated/α-hetero) is 1. The minimum Gasteiger partial charge on any atom is -0.456 e. The number of aliphatic hydroxyl groups excluding tert-OH is 3. The van der Waals surface area contributed by atoms with E-state index >= 15 is 4.39 Å². The van der Waals surface area contributed by atoms with Gasteiger partial charge in [-0.25, -0.2) is 9.18 Å². The summed E-state index contributed by atoms with van der Waals surface area (Å²) in [5.74, 6) is -5.80. The Bertz CT molecular complexity index is 1410. The van der Waals surface area contributed by atoms with Crippen molar-refractivity contribution < 1.29 is 68.6 Å². The molecule has 5 N–H and O–H groups in total. The molecule has 10 atom stereocenters. The van der Waals surface area contributed by atoms with Crippen LogP contribution in [0, 0.1) is 42.9 Å². The number of carbonyl (C=O) groups is 4. The molecule has 0 saturated heterocycles. The van der Waals surface area contributed by atoms with Crippen molar-refractivity contribution in [2.75, 3.05) is 19.8 Å². The van der Waals surface area contributed by atoms with E-state index in [9.17, 15) is 59.8 Å². The van der Waals surface area contributed by atoms with Crippen LogP contribution in [-0.4, -0.2) is 109 Å². The molecule has 4 rings (SSSR count). The van der Waals surface area contributed by atoms with Crippen molar-refractivity contribution in [3.63, 3.8) is 0 Å². The Kier molecular flexibility index (Phi) is 9.78. The Hall–Kier alpha value is -4.07. The first-order valence-corrected chi connectivity index (χ1v) is 14.7. The molecule has 4 aliphatic carbocycles. The highest BCUT2D eigenvalue weighted by Crippen LogP contribution is 2.69. The third kappa shape index (κ3) is 5.96. The average molecular weight is 674 g/mol.